The summed E-state index contributed by atoms with van der Waals surface area (Å²) in [5.74, 6) is 1.90. The molecule has 1 amide bonds. The number of hydrogen-bond donors (Lipinski definition) is 2. The van der Waals surface area contributed by atoms with Crippen LogP contribution in [0, 0.1) is 5.92 Å². The van der Waals surface area contributed by atoms with Crippen LogP contribution in [0.2, 0.25) is 0 Å². The smallest absolute Gasteiger partial charge is 0.290 e. The molecule has 188 valence electrons. The van der Waals surface area contributed by atoms with Crippen molar-refractivity contribution >= 4 is 5.91 Å². The van der Waals surface area contributed by atoms with Gasteiger partial charge in [0.1, 0.15) is 5.82 Å². The van der Waals surface area contributed by atoms with Gasteiger partial charge in [-0.25, -0.2) is 9.67 Å². The molecule has 0 saturated heterocycles. The van der Waals surface area contributed by atoms with Crippen LogP contribution in [0.15, 0.2) is 48.5 Å². The fourth-order valence-electron chi connectivity index (χ4n) is 4.19. The lowest BCUT2D eigenvalue weighted by Gasteiger charge is -2.14. The van der Waals surface area contributed by atoms with Crippen molar-refractivity contribution in [2.75, 3.05) is 6.54 Å². The van der Waals surface area contributed by atoms with Gasteiger partial charge in [-0.05, 0) is 34.2 Å². The van der Waals surface area contributed by atoms with Gasteiger partial charge in [0.25, 0.3) is 5.91 Å². The number of aromatic amines is 1. The molecule has 4 rings (SSSR count). The van der Waals surface area contributed by atoms with E-state index >= 15 is 0 Å². The second-order valence-corrected chi connectivity index (χ2v) is 8.98. The van der Waals surface area contributed by atoms with E-state index in [1.807, 2.05) is 22.9 Å². The van der Waals surface area contributed by atoms with Gasteiger partial charge < -0.3 is 5.32 Å². The van der Waals surface area contributed by atoms with E-state index in [-0.39, 0.29) is 11.7 Å². The quantitative estimate of drug-likeness (QED) is 0.281. The van der Waals surface area contributed by atoms with Crippen LogP contribution in [0.5, 0.6) is 0 Å². The zero-order valence-electron chi connectivity index (χ0n) is 21.2. The van der Waals surface area contributed by atoms with Crippen LogP contribution in [-0.4, -0.2) is 47.8 Å². The molecule has 36 heavy (non-hydrogen) atoms. The van der Waals surface area contributed by atoms with Gasteiger partial charge in [0, 0.05) is 25.1 Å². The summed E-state index contributed by atoms with van der Waals surface area (Å²) < 4.78 is 1.92. The van der Waals surface area contributed by atoms with Crippen LogP contribution < -0.4 is 5.32 Å². The van der Waals surface area contributed by atoms with E-state index in [1.165, 1.54) is 0 Å². The summed E-state index contributed by atoms with van der Waals surface area (Å²) in [6.07, 6.45) is 4.68. The molecule has 0 bridgehead atoms. The zero-order chi connectivity index (χ0) is 25.3. The van der Waals surface area contributed by atoms with Crippen molar-refractivity contribution in [2.45, 2.75) is 59.4 Å². The number of tetrazole rings is 1. The molecule has 0 atom stereocenters. The lowest BCUT2D eigenvalue weighted by Crippen LogP contribution is -2.25. The van der Waals surface area contributed by atoms with E-state index in [0.717, 1.165) is 60.3 Å². The van der Waals surface area contributed by atoms with Crippen molar-refractivity contribution in [3.05, 3.63) is 65.7 Å². The fraction of sp³-hybridized carbons (Fsp3) is 0.407. The number of unbranched alkanes of at least 4 members (excludes halogenated alkanes) is 1. The second kappa shape index (κ2) is 12.2. The summed E-state index contributed by atoms with van der Waals surface area (Å²) in [4.78, 5) is 17.3. The highest BCUT2D eigenvalue weighted by Gasteiger charge is 2.19. The molecule has 2 aromatic carbocycles. The molecule has 0 aliphatic rings. The highest BCUT2D eigenvalue weighted by Crippen LogP contribution is 2.30. The lowest BCUT2D eigenvalue weighted by atomic mass is 9.97. The van der Waals surface area contributed by atoms with Crippen LogP contribution in [-0.2, 0) is 13.0 Å². The highest BCUT2D eigenvalue weighted by molar-refractivity contribution is 5.90. The maximum absolute atomic E-state index is 12.6. The molecule has 2 N–H and O–H groups in total. The molecule has 0 aliphatic carbocycles. The Bertz CT molecular complexity index is 1240. The standard InChI is InChI=1S/C27H34N8O/c1-4-7-16-28-27(36)26-29-24(35(32-26)18-19(5-2)6-3)17-20-12-14-21(15-13-20)22-10-8-9-11-23(22)25-30-33-34-31-25/h8-15,19H,4-7,16-18H2,1-3H3,(H,28,36)(H,30,31,33,34). The molecule has 0 radical (unpaired) electrons. The Morgan fingerprint density at radius 2 is 1.78 bits per heavy atom. The van der Waals surface area contributed by atoms with Gasteiger partial charge in [0.2, 0.25) is 11.6 Å². The number of carbonyl (C=O) groups is 1. The predicted molar refractivity (Wildman–Crippen MR) is 139 cm³/mol. The van der Waals surface area contributed by atoms with Crippen LogP contribution in [0.3, 0.4) is 0 Å². The van der Waals surface area contributed by atoms with E-state index in [4.69, 9.17) is 0 Å². The van der Waals surface area contributed by atoms with E-state index < -0.39 is 0 Å². The van der Waals surface area contributed by atoms with Gasteiger partial charge in [-0.3, -0.25) is 4.79 Å². The minimum atomic E-state index is -0.207. The number of nitrogens with zero attached hydrogens (tertiary/aromatic N) is 6. The average Bonchev–Trinajstić information content (AvgIpc) is 3.58. The Hall–Kier alpha value is -3.88. The van der Waals surface area contributed by atoms with Crippen molar-refractivity contribution in [1.82, 2.24) is 40.7 Å². The van der Waals surface area contributed by atoms with Crippen LogP contribution in [0.4, 0.5) is 0 Å². The average molecular weight is 487 g/mol. The SMILES string of the molecule is CCCCNC(=O)c1nc(Cc2ccc(-c3ccccc3-c3nn[nH]n3)cc2)n(CC(CC)CC)n1. The Labute approximate surface area is 211 Å². The predicted octanol–water partition coefficient (Wildman–Crippen LogP) is 4.68. The van der Waals surface area contributed by atoms with E-state index in [2.05, 4.69) is 87.1 Å². The molecule has 9 heteroatoms. The summed E-state index contributed by atoms with van der Waals surface area (Å²) in [6, 6.07) is 16.4. The third kappa shape index (κ3) is 6.02. The van der Waals surface area contributed by atoms with E-state index in [9.17, 15) is 4.79 Å². The molecule has 0 unspecified atom stereocenters. The van der Waals surface area contributed by atoms with E-state index in [0.29, 0.717) is 24.7 Å². The molecule has 9 nitrogen and oxygen atoms in total. The molecule has 0 saturated carbocycles. The second-order valence-electron chi connectivity index (χ2n) is 8.98. The Morgan fingerprint density at radius 3 is 2.44 bits per heavy atom. The number of H-pyrrole nitrogens is 1. The topological polar surface area (TPSA) is 114 Å². The van der Waals surface area contributed by atoms with Crippen LogP contribution in [0.25, 0.3) is 22.5 Å². The summed E-state index contributed by atoms with van der Waals surface area (Å²) in [5, 5.41) is 22.0. The van der Waals surface area contributed by atoms with Crippen molar-refractivity contribution in [2.24, 2.45) is 5.92 Å². The van der Waals surface area contributed by atoms with Crippen LogP contribution >= 0.6 is 0 Å². The van der Waals surface area contributed by atoms with Crippen LogP contribution in [0.1, 0.15) is 68.5 Å². The monoisotopic (exact) mass is 486 g/mol. The Balaban J connectivity index is 1.56. The molecular weight excluding hydrogens is 452 g/mol. The lowest BCUT2D eigenvalue weighted by molar-refractivity contribution is 0.0942. The first-order valence-corrected chi connectivity index (χ1v) is 12.8. The number of hydrogen-bond acceptors (Lipinski definition) is 6. The van der Waals surface area contributed by atoms with Gasteiger partial charge >= 0.3 is 0 Å². The maximum atomic E-state index is 12.6. The minimum Gasteiger partial charge on any atom is -0.349 e. The highest BCUT2D eigenvalue weighted by atomic mass is 16.2. The number of nitrogens with one attached hydrogen (secondary N) is 2. The normalized spacial score (nSPS) is 11.2. The summed E-state index contributed by atoms with van der Waals surface area (Å²) in [6.45, 7) is 7.87. The molecular formula is C27H34N8O. The number of rotatable bonds is 12. The van der Waals surface area contributed by atoms with Gasteiger partial charge in [-0.15, -0.1) is 15.3 Å². The third-order valence-corrected chi connectivity index (χ3v) is 6.49. The minimum absolute atomic E-state index is 0.207. The first-order chi connectivity index (χ1) is 17.6. The molecule has 4 aromatic rings. The number of carbonyl (C=O) groups excluding carboxylic acids is 1. The number of benzene rings is 2. The zero-order valence-corrected chi connectivity index (χ0v) is 21.2. The summed E-state index contributed by atoms with van der Waals surface area (Å²) in [5.41, 5.74) is 4.12. The fourth-order valence-corrected chi connectivity index (χ4v) is 4.19. The molecule has 2 heterocycles. The van der Waals surface area contributed by atoms with E-state index in [1.54, 1.807) is 0 Å². The van der Waals surface area contributed by atoms with Crippen molar-refractivity contribution in [3.63, 3.8) is 0 Å². The Kier molecular flexibility index (Phi) is 8.54. The summed E-state index contributed by atoms with van der Waals surface area (Å²) in [7, 11) is 0. The van der Waals surface area contributed by atoms with Gasteiger partial charge in [0.15, 0.2) is 0 Å². The van der Waals surface area contributed by atoms with Crippen molar-refractivity contribution < 1.29 is 4.79 Å². The molecule has 0 spiro atoms. The van der Waals surface area contributed by atoms with Gasteiger partial charge in [-0.1, -0.05) is 88.6 Å². The third-order valence-electron chi connectivity index (χ3n) is 6.49. The Morgan fingerprint density at radius 1 is 1.03 bits per heavy atom. The number of amides is 1. The summed E-state index contributed by atoms with van der Waals surface area (Å²) >= 11 is 0. The number of aromatic nitrogens is 7. The van der Waals surface area contributed by atoms with Crippen molar-refractivity contribution in [1.29, 1.82) is 0 Å². The van der Waals surface area contributed by atoms with Gasteiger partial charge in [0.05, 0.1) is 0 Å². The molecule has 0 fully saturated rings. The van der Waals surface area contributed by atoms with Crippen molar-refractivity contribution in [3.8, 4) is 22.5 Å². The first-order valence-electron chi connectivity index (χ1n) is 12.8. The molecule has 0 aliphatic heterocycles. The first kappa shape index (κ1) is 25.2. The largest absolute Gasteiger partial charge is 0.349 e. The van der Waals surface area contributed by atoms with Gasteiger partial charge in [-0.2, -0.15) is 5.21 Å². The maximum Gasteiger partial charge on any atom is 0.290 e. The molecule has 2 aromatic heterocycles.